The van der Waals surface area contributed by atoms with Gasteiger partial charge in [-0.1, -0.05) is 174 Å². The Balaban J connectivity index is 4.20. The lowest BCUT2D eigenvalue weighted by Gasteiger charge is -2.30. The molecule has 0 rings (SSSR count). The maximum absolute atomic E-state index is 13.0. The van der Waals surface area contributed by atoms with Crippen LogP contribution in [0.25, 0.3) is 0 Å². The summed E-state index contributed by atoms with van der Waals surface area (Å²) in [5.74, 6) is -2.29. The molecule has 8 nitrogen and oxygen atoms in total. The molecule has 9 heteroatoms. The zero-order valence-electron chi connectivity index (χ0n) is 28.7. The lowest BCUT2D eigenvalue weighted by molar-refractivity contribution is -0.148. The molecule has 0 bridgehead atoms. The molecule has 0 aromatic rings. The fourth-order valence-electron chi connectivity index (χ4n) is 5.70. The van der Waals surface area contributed by atoms with Gasteiger partial charge in [-0.2, -0.15) is 0 Å². The summed E-state index contributed by atoms with van der Waals surface area (Å²) in [7, 11) is -4.72. The fourth-order valence-corrected chi connectivity index (χ4v) is 7.10. The number of aliphatic carboxylic acids is 1. The molecule has 0 heterocycles. The summed E-state index contributed by atoms with van der Waals surface area (Å²) in [6.07, 6.45) is 31.5. The maximum Gasteiger partial charge on any atom is 0.435 e. The van der Waals surface area contributed by atoms with Crippen LogP contribution in [0.1, 0.15) is 194 Å². The predicted octanol–water partition coefficient (Wildman–Crippen LogP) is 10.3. The first-order valence-corrected chi connectivity index (χ1v) is 20.0. The highest BCUT2D eigenvalue weighted by Gasteiger charge is 2.42. The van der Waals surface area contributed by atoms with E-state index in [9.17, 15) is 29.3 Å². The zero-order chi connectivity index (χ0) is 32.7. The third-order valence-electron chi connectivity index (χ3n) is 8.53. The number of amides is 1. The van der Waals surface area contributed by atoms with Crippen LogP contribution in [0.3, 0.4) is 0 Å². The standard InChI is InChI=1S/C35H70NO7P/c1-3-5-7-9-11-13-15-17-19-21-23-25-27-29-31-43-44(41,42)36(33(32-37)35(39)40)34(38)30-28-26-24-22-20-18-16-14-12-10-8-6-4-2/h33,37H,3-32H2,1-2H3,(H,39,40)(H,41,42)/t33-/m0/s1. The summed E-state index contributed by atoms with van der Waals surface area (Å²) >= 11 is 0. The van der Waals surface area contributed by atoms with Gasteiger partial charge in [0.2, 0.25) is 5.91 Å². The van der Waals surface area contributed by atoms with Crippen molar-refractivity contribution in [2.24, 2.45) is 0 Å². The van der Waals surface area contributed by atoms with Crippen molar-refractivity contribution in [2.45, 2.75) is 200 Å². The van der Waals surface area contributed by atoms with Gasteiger partial charge in [0.25, 0.3) is 0 Å². The summed E-state index contributed by atoms with van der Waals surface area (Å²) < 4.78 is 18.6. The molecule has 0 saturated carbocycles. The number of nitrogens with zero attached hydrogens (tertiary/aromatic N) is 1. The predicted molar refractivity (Wildman–Crippen MR) is 182 cm³/mol. The minimum Gasteiger partial charge on any atom is -0.480 e. The highest BCUT2D eigenvalue weighted by molar-refractivity contribution is 7.51. The zero-order valence-corrected chi connectivity index (χ0v) is 29.6. The third-order valence-corrected chi connectivity index (χ3v) is 10.1. The van der Waals surface area contributed by atoms with Crippen molar-refractivity contribution in [2.75, 3.05) is 13.2 Å². The van der Waals surface area contributed by atoms with Gasteiger partial charge in [-0.25, -0.2) is 14.0 Å². The van der Waals surface area contributed by atoms with Gasteiger partial charge in [-0.15, -0.1) is 0 Å². The molecule has 0 aliphatic heterocycles. The smallest absolute Gasteiger partial charge is 0.435 e. The second-order valence-corrected chi connectivity index (χ2v) is 14.4. The van der Waals surface area contributed by atoms with E-state index in [4.69, 9.17) is 4.52 Å². The quantitative estimate of drug-likeness (QED) is 0.0469. The molecule has 44 heavy (non-hydrogen) atoms. The molecule has 0 spiro atoms. The van der Waals surface area contributed by atoms with Gasteiger partial charge in [-0.3, -0.25) is 9.32 Å². The van der Waals surface area contributed by atoms with Crippen LogP contribution < -0.4 is 0 Å². The number of aliphatic hydroxyl groups is 1. The Labute approximate surface area is 270 Å². The number of hydrogen-bond donors (Lipinski definition) is 3. The average molecular weight is 648 g/mol. The van der Waals surface area contributed by atoms with Crippen molar-refractivity contribution < 1.29 is 33.8 Å². The van der Waals surface area contributed by atoms with Crippen LogP contribution in [0.15, 0.2) is 0 Å². The molecule has 0 aliphatic carbocycles. The molecule has 262 valence electrons. The van der Waals surface area contributed by atoms with Gasteiger partial charge >= 0.3 is 13.7 Å². The van der Waals surface area contributed by atoms with E-state index in [0.29, 0.717) is 17.5 Å². The molecular formula is C35H70NO7P. The summed E-state index contributed by atoms with van der Waals surface area (Å²) in [5.41, 5.74) is 0. The van der Waals surface area contributed by atoms with E-state index in [1.807, 2.05) is 0 Å². The second kappa shape index (κ2) is 30.7. The van der Waals surface area contributed by atoms with Gasteiger partial charge in [0, 0.05) is 6.42 Å². The van der Waals surface area contributed by atoms with Crippen molar-refractivity contribution in [3.63, 3.8) is 0 Å². The number of rotatable bonds is 34. The first-order valence-electron chi connectivity index (χ1n) is 18.4. The fraction of sp³-hybridized carbons (Fsp3) is 0.943. The Morgan fingerprint density at radius 3 is 1.23 bits per heavy atom. The molecule has 0 radical (unpaired) electrons. The van der Waals surface area contributed by atoms with Crippen LogP contribution >= 0.6 is 7.75 Å². The second-order valence-electron chi connectivity index (χ2n) is 12.7. The van der Waals surface area contributed by atoms with Gasteiger partial charge in [0.05, 0.1) is 13.2 Å². The SMILES string of the molecule is CCCCCCCCCCCCCCCCOP(=O)(O)N(C(=O)CCCCCCCCCCCCCCC)[C@@H](CO)C(=O)O. The van der Waals surface area contributed by atoms with E-state index in [-0.39, 0.29) is 13.0 Å². The van der Waals surface area contributed by atoms with Crippen LogP contribution in [0.4, 0.5) is 0 Å². The van der Waals surface area contributed by atoms with Crippen LogP contribution in [0.2, 0.25) is 0 Å². The lowest BCUT2D eigenvalue weighted by Crippen LogP contribution is -2.45. The molecule has 0 aliphatic rings. The average Bonchev–Trinajstić information content (AvgIpc) is 2.99. The van der Waals surface area contributed by atoms with E-state index in [1.54, 1.807) is 0 Å². The number of carboxylic acids is 1. The first kappa shape index (κ1) is 43.0. The molecule has 0 fully saturated rings. The lowest BCUT2D eigenvalue weighted by atomic mass is 10.0. The Kier molecular flexibility index (Phi) is 30.0. The molecule has 2 atom stereocenters. The number of carbonyl (C=O) groups excluding carboxylic acids is 1. The summed E-state index contributed by atoms with van der Waals surface area (Å²) in [6, 6.07) is -1.81. The van der Waals surface area contributed by atoms with Crippen molar-refractivity contribution in [3.8, 4) is 0 Å². The molecular weight excluding hydrogens is 577 g/mol. The largest absolute Gasteiger partial charge is 0.480 e. The van der Waals surface area contributed by atoms with Crippen LogP contribution in [-0.2, 0) is 18.7 Å². The minimum atomic E-state index is -4.72. The molecule has 1 amide bonds. The Morgan fingerprint density at radius 2 is 0.909 bits per heavy atom. The number of hydrogen-bond acceptors (Lipinski definition) is 5. The molecule has 0 aromatic heterocycles. The van der Waals surface area contributed by atoms with Crippen LogP contribution in [0, 0.1) is 0 Å². The van der Waals surface area contributed by atoms with Gasteiger partial charge in [0.15, 0.2) is 6.04 Å². The maximum atomic E-state index is 13.0. The summed E-state index contributed by atoms with van der Waals surface area (Å²) in [4.78, 5) is 35.1. The molecule has 0 saturated heterocycles. The third kappa shape index (κ3) is 24.3. The molecule has 0 aromatic carbocycles. The summed E-state index contributed by atoms with van der Waals surface area (Å²) in [5, 5.41) is 19.1. The van der Waals surface area contributed by atoms with E-state index < -0.39 is 32.3 Å². The number of unbranched alkanes of at least 4 members (excludes halogenated alkanes) is 25. The van der Waals surface area contributed by atoms with Crippen molar-refractivity contribution in [1.82, 2.24) is 4.67 Å². The van der Waals surface area contributed by atoms with Gasteiger partial charge < -0.3 is 15.1 Å². The van der Waals surface area contributed by atoms with E-state index in [1.165, 1.54) is 122 Å². The Bertz CT molecular complexity index is 721. The topological polar surface area (TPSA) is 124 Å². The van der Waals surface area contributed by atoms with Crippen LogP contribution in [-0.4, -0.2) is 50.9 Å². The number of carbonyl (C=O) groups is 2. The normalized spacial score (nSPS) is 13.5. The number of carboxylic acid groups (broad SMARTS) is 1. The molecule has 1 unspecified atom stereocenters. The van der Waals surface area contributed by atoms with Gasteiger partial charge in [-0.05, 0) is 12.8 Å². The highest BCUT2D eigenvalue weighted by atomic mass is 31.2. The van der Waals surface area contributed by atoms with E-state index in [2.05, 4.69) is 13.8 Å². The Hall–Kier alpha value is -0.950. The van der Waals surface area contributed by atoms with Crippen molar-refractivity contribution in [1.29, 1.82) is 0 Å². The monoisotopic (exact) mass is 647 g/mol. The van der Waals surface area contributed by atoms with Crippen molar-refractivity contribution >= 4 is 19.6 Å². The summed E-state index contributed by atoms with van der Waals surface area (Å²) in [6.45, 7) is 3.49. The first-order chi connectivity index (χ1) is 21.3. The number of aliphatic hydroxyl groups excluding tert-OH is 1. The van der Waals surface area contributed by atoms with E-state index >= 15 is 0 Å². The minimum absolute atomic E-state index is 0.0356. The van der Waals surface area contributed by atoms with Crippen LogP contribution in [0.5, 0.6) is 0 Å². The van der Waals surface area contributed by atoms with Gasteiger partial charge in [0.1, 0.15) is 0 Å². The highest BCUT2D eigenvalue weighted by Crippen LogP contribution is 2.48. The van der Waals surface area contributed by atoms with Crippen molar-refractivity contribution in [3.05, 3.63) is 0 Å². The molecule has 3 N–H and O–H groups in total. The Morgan fingerprint density at radius 1 is 0.591 bits per heavy atom. The van der Waals surface area contributed by atoms with E-state index in [0.717, 1.165) is 38.5 Å².